The molecule has 3 aromatic carbocycles. The molecular formula is C38H48N4O6S. The number of hydrogen-bond donors (Lipinski definition) is 3. The normalized spacial score (nSPS) is 21.1. The molecule has 3 aromatic rings. The molecule has 10 nitrogen and oxygen atoms in total. The number of carbonyl (C=O) groups excluding carboxylic acids is 3. The smallest absolute Gasteiger partial charge is 0.242 e. The molecule has 1 unspecified atom stereocenters. The molecule has 3 amide bonds. The standard InChI is InChI=1S/C38H48N4O6S/c1-28-16-18-33-24-32(28)26-39-37(44)34(19-17-30-12-6-3-7-13-30)40-38(45)35(25-36(43)42-21-8-14-31(27-42)20-22-48-33)41-49(46,47)23-9-15-29-10-4-2-5-11-29/h2-7,10-13,16,18,24,31,34-35,41H,8-9,14-15,17,19-23,25-27H2,1H3,(H,39,44)(H,40,45)/t31?,34-,35-/m0/s1. The quantitative estimate of drug-likeness (QED) is 0.311. The lowest BCUT2D eigenvalue weighted by Crippen LogP contribution is -2.55. The molecule has 49 heavy (non-hydrogen) atoms. The maximum Gasteiger partial charge on any atom is 0.242 e. The molecule has 3 N–H and O–H groups in total. The molecule has 0 radical (unpaired) electrons. The third-order valence-electron chi connectivity index (χ3n) is 9.38. The highest BCUT2D eigenvalue weighted by Crippen LogP contribution is 2.23. The Morgan fingerprint density at radius 2 is 1.61 bits per heavy atom. The Morgan fingerprint density at radius 1 is 0.898 bits per heavy atom. The number of carbonyl (C=O) groups is 3. The second kappa shape index (κ2) is 17.4. The lowest BCUT2D eigenvalue weighted by atomic mass is 9.94. The van der Waals surface area contributed by atoms with Crippen molar-refractivity contribution in [1.29, 1.82) is 0 Å². The zero-order valence-corrected chi connectivity index (χ0v) is 29.1. The first-order valence-corrected chi connectivity index (χ1v) is 19.0. The first kappa shape index (κ1) is 36.1. The van der Waals surface area contributed by atoms with Crippen LogP contribution >= 0.6 is 0 Å². The van der Waals surface area contributed by atoms with E-state index >= 15 is 0 Å². The highest BCUT2D eigenvalue weighted by Gasteiger charge is 2.33. The third kappa shape index (κ3) is 11.2. The topological polar surface area (TPSA) is 134 Å². The van der Waals surface area contributed by atoms with E-state index in [1.54, 1.807) is 4.90 Å². The number of hydrogen-bond acceptors (Lipinski definition) is 6. The van der Waals surface area contributed by atoms with Crippen LogP contribution in [0.25, 0.3) is 0 Å². The van der Waals surface area contributed by atoms with Crippen molar-refractivity contribution in [3.05, 3.63) is 101 Å². The van der Waals surface area contributed by atoms with Crippen molar-refractivity contribution in [3.63, 3.8) is 0 Å². The summed E-state index contributed by atoms with van der Waals surface area (Å²) in [6.45, 7) is 3.74. The van der Waals surface area contributed by atoms with Gasteiger partial charge in [-0.05, 0) is 92.2 Å². The van der Waals surface area contributed by atoms with Crippen LogP contribution in [-0.2, 0) is 43.8 Å². The van der Waals surface area contributed by atoms with Crippen molar-refractivity contribution in [2.24, 2.45) is 5.92 Å². The van der Waals surface area contributed by atoms with Gasteiger partial charge in [-0.25, -0.2) is 13.1 Å². The lowest BCUT2D eigenvalue weighted by Gasteiger charge is -2.34. The van der Waals surface area contributed by atoms with Crippen LogP contribution in [-0.4, -0.2) is 68.6 Å². The summed E-state index contributed by atoms with van der Waals surface area (Å²) in [6.07, 6.45) is 3.87. The van der Waals surface area contributed by atoms with E-state index < -0.39 is 33.9 Å². The van der Waals surface area contributed by atoms with Crippen molar-refractivity contribution in [2.75, 3.05) is 25.4 Å². The van der Waals surface area contributed by atoms with Crippen molar-refractivity contribution in [1.82, 2.24) is 20.3 Å². The summed E-state index contributed by atoms with van der Waals surface area (Å²) >= 11 is 0. The minimum absolute atomic E-state index is 0.206. The Kier molecular flexibility index (Phi) is 12.8. The first-order chi connectivity index (χ1) is 23.6. The van der Waals surface area contributed by atoms with Crippen molar-refractivity contribution in [2.45, 2.75) is 76.9 Å². The fraction of sp³-hybridized carbons (Fsp3) is 0.447. The monoisotopic (exact) mass is 688 g/mol. The zero-order chi connectivity index (χ0) is 34.6. The van der Waals surface area contributed by atoms with Crippen LogP contribution in [0.5, 0.6) is 5.75 Å². The number of aryl methyl sites for hydroxylation is 3. The minimum atomic E-state index is -3.95. The second-order valence-electron chi connectivity index (χ2n) is 13.2. The van der Waals surface area contributed by atoms with E-state index in [1.807, 2.05) is 85.8 Å². The van der Waals surface area contributed by atoms with Gasteiger partial charge >= 0.3 is 0 Å². The maximum atomic E-state index is 14.0. The number of amides is 3. The first-order valence-electron chi connectivity index (χ1n) is 17.3. The molecule has 0 saturated carbocycles. The molecule has 2 aliphatic rings. The number of piperidine rings is 1. The van der Waals surface area contributed by atoms with Crippen LogP contribution in [0.1, 0.15) is 60.8 Å². The van der Waals surface area contributed by atoms with Gasteiger partial charge in [0.2, 0.25) is 27.7 Å². The minimum Gasteiger partial charge on any atom is -0.494 e. The molecule has 3 atom stereocenters. The molecule has 262 valence electrons. The van der Waals surface area contributed by atoms with Gasteiger partial charge in [0.15, 0.2) is 0 Å². The zero-order valence-electron chi connectivity index (χ0n) is 28.2. The van der Waals surface area contributed by atoms with E-state index in [0.29, 0.717) is 44.7 Å². The van der Waals surface area contributed by atoms with Gasteiger partial charge in [0.25, 0.3) is 0 Å². The number of sulfonamides is 1. The van der Waals surface area contributed by atoms with Gasteiger partial charge in [0, 0.05) is 19.6 Å². The number of ether oxygens (including phenoxy) is 1. The molecule has 1 fully saturated rings. The van der Waals surface area contributed by atoms with Gasteiger partial charge in [0.1, 0.15) is 17.8 Å². The summed E-state index contributed by atoms with van der Waals surface area (Å²) in [6, 6.07) is 22.7. The summed E-state index contributed by atoms with van der Waals surface area (Å²) in [5.74, 6) is -0.660. The van der Waals surface area contributed by atoms with E-state index in [0.717, 1.165) is 41.5 Å². The molecule has 0 aliphatic carbocycles. The van der Waals surface area contributed by atoms with Crippen LogP contribution in [0.4, 0.5) is 0 Å². The Hall–Kier alpha value is -4.22. The average molecular weight is 689 g/mol. The molecule has 11 heteroatoms. The Bertz CT molecular complexity index is 1670. The number of fused-ring (bicyclic) bond motifs is 4. The van der Waals surface area contributed by atoms with Gasteiger partial charge in [-0.2, -0.15) is 0 Å². The number of nitrogens with zero attached hydrogens (tertiary/aromatic N) is 1. The summed E-state index contributed by atoms with van der Waals surface area (Å²) < 4.78 is 35.3. The summed E-state index contributed by atoms with van der Waals surface area (Å²) in [5, 5.41) is 5.79. The molecule has 4 bridgehead atoms. The maximum absolute atomic E-state index is 14.0. The highest BCUT2D eigenvalue weighted by atomic mass is 32.2. The van der Waals surface area contributed by atoms with Crippen molar-refractivity contribution in [3.8, 4) is 5.75 Å². The van der Waals surface area contributed by atoms with Crippen LogP contribution in [0.2, 0.25) is 0 Å². The molecular weight excluding hydrogens is 641 g/mol. The fourth-order valence-electron chi connectivity index (χ4n) is 6.48. The van der Waals surface area contributed by atoms with E-state index in [4.69, 9.17) is 4.74 Å². The molecule has 5 rings (SSSR count). The van der Waals surface area contributed by atoms with E-state index in [-0.39, 0.29) is 37.0 Å². The van der Waals surface area contributed by atoms with Crippen LogP contribution in [0.15, 0.2) is 78.9 Å². The van der Waals surface area contributed by atoms with E-state index in [9.17, 15) is 22.8 Å². The van der Waals surface area contributed by atoms with Gasteiger partial charge in [-0.3, -0.25) is 14.4 Å². The largest absolute Gasteiger partial charge is 0.494 e. The predicted molar refractivity (Wildman–Crippen MR) is 189 cm³/mol. The molecule has 2 aliphatic heterocycles. The fourth-order valence-corrected chi connectivity index (χ4v) is 7.75. The number of benzene rings is 3. The van der Waals surface area contributed by atoms with Crippen molar-refractivity contribution < 1.29 is 27.5 Å². The predicted octanol–water partition coefficient (Wildman–Crippen LogP) is 4.06. The van der Waals surface area contributed by atoms with Crippen LogP contribution < -0.4 is 20.1 Å². The summed E-state index contributed by atoms with van der Waals surface area (Å²) in [7, 11) is -3.95. The molecule has 2 heterocycles. The van der Waals surface area contributed by atoms with Gasteiger partial charge in [-0.1, -0.05) is 66.7 Å². The summed E-state index contributed by atoms with van der Waals surface area (Å²) in [5.41, 5.74) is 3.90. The van der Waals surface area contributed by atoms with Crippen LogP contribution in [0, 0.1) is 12.8 Å². The van der Waals surface area contributed by atoms with E-state index in [2.05, 4.69) is 15.4 Å². The van der Waals surface area contributed by atoms with Gasteiger partial charge in [-0.15, -0.1) is 0 Å². The molecule has 1 saturated heterocycles. The Morgan fingerprint density at radius 3 is 2.35 bits per heavy atom. The molecule has 0 spiro atoms. The third-order valence-corrected chi connectivity index (χ3v) is 10.8. The van der Waals surface area contributed by atoms with E-state index in [1.165, 1.54) is 0 Å². The number of rotatable bonds is 9. The molecule has 0 aromatic heterocycles. The average Bonchev–Trinajstić information content (AvgIpc) is 3.10. The van der Waals surface area contributed by atoms with Crippen molar-refractivity contribution >= 4 is 27.7 Å². The Balaban J connectivity index is 1.38. The SMILES string of the molecule is Cc1ccc2cc1CNC(=O)[C@H](CCc1ccccc1)NC(=O)[C@@H](NS(=O)(=O)CCCc1ccccc1)CC(=O)N1CCCC(CCO2)C1. The van der Waals surface area contributed by atoms with Crippen LogP contribution in [0.3, 0.4) is 0 Å². The summed E-state index contributed by atoms with van der Waals surface area (Å²) in [4.78, 5) is 43.0. The van der Waals surface area contributed by atoms with Gasteiger partial charge < -0.3 is 20.3 Å². The number of nitrogens with one attached hydrogen (secondary N) is 3. The second-order valence-corrected chi connectivity index (χ2v) is 15.0. The lowest BCUT2D eigenvalue weighted by molar-refractivity contribution is -0.136. The Labute approximate surface area is 290 Å². The van der Waals surface area contributed by atoms with Gasteiger partial charge in [0.05, 0.1) is 18.8 Å². The highest BCUT2D eigenvalue weighted by molar-refractivity contribution is 7.89.